The van der Waals surface area contributed by atoms with Crippen LogP contribution in [0, 0.1) is 6.92 Å². The zero-order valence-electron chi connectivity index (χ0n) is 16.6. The molecule has 0 radical (unpaired) electrons. The molecule has 1 aliphatic rings. The Balaban J connectivity index is 1.55. The molecule has 2 aromatic carbocycles. The lowest BCUT2D eigenvalue weighted by atomic mass is 10.0. The molecule has 1 N–H and O–H groups in total. The molecule has 0 aliphatic carbocycles. The van der Waals surface area contributed by atoms with Crippen LogP contribution >= 0.6 is 0 Å². The minimum absolute atomic E-state index is 0.0582. The summed E-state index contributed by atoms with van der Waals surface area (Å²) in [6.07, 6.45) is 0. The number of aryl methyl sites for hydroxylation is 1. The number of nitrogens with one attached hydrogen (secondary N) is 1. The van der Waals surface area contributed by atoms with Crippen LogP contribution in [-0.2, 0) is 14.3 Å². The Labute approximate surface area is 169 Å². The van der Waals surface area contributed by atoms with Gasteiger partial charge >= 0.3 is 5.97 Å². The van der Waals surface area contributed by atoms with Gasteiger partial charge in [-0.05, 0) is 48.2 Å². The van der Waals surface area contributed by atoms with Gasteiger partial charge in [-0.1, -0.05) is 26.0 Å². The van der Waals surface area contributed by atoms with Crippen molar-refractivity contribution in [2.45, 2.75) is 26.7 Å². The van der Waals surface area contributed by atoms with Crippen molar-refractivity contribution in [3.8, 4) is 11.5 Å². The molecule has 1 aliphatic heterocycles. The van der Waals surface area contributed by atoms with Crippen molar-refractivity contribution < 1.29 is 28.6 Å². The molecule has 1 heterocycles. The lowest BCUT2D eigenvalue weighted by Crippen LogP contribution is -2.25. The number of benzene rings is 2. The minimum Gasteiger partial charge on any atom is -0.482 e. The maximum absolute atomic E-state index is 12.3. The average molecular weight is 397 g/mol. The third-order valence-corrected chi connectivity index (χ3v) is 4.44. The predicted molar refractivity (Wildman–Crippen MR) is 107 cm³/mol. The summed E-state index contributed by atoms with van der Waals surface area (Å²) in [5, 5.41) is 2.63. The second kappa shape index (κ2) is 8.77. The molecular weight excluding hydrogens is 374 g/mol. The van der Waals surface area contributed by atoms with E-state index in [0.717, 1.165) is 11.1 Å². The highest BCUT2D eigenvalue weighted by atomic mass is 16.6. The van der Waals surface area contributed by atoms with Crippen molar-refractivity contribution >= 4 is 23.3 Å². The van der Waals surface area contributed by atoms with Gasteiger partial charge in [0.25, 0.3) is 5.91 Å². The van der Waals surface area contributed by atoms with E-state index in [1.165, 1.54) is 6.07 Å². The molecule has 7 heteroatoms. The van der Waals surface area contributed by atoms with E-state index in [-0.39, 0.29) is 30.8 Å². The van der Waals surface area contributed by atoms with Crippen LogP contribution in [0.15, 0.2) is 36.4 Å². The van der Waals surface area contributed by atoms with Gasteiger partial charge in [-0.2, -0.15) is 0 Å². The van der Waals surface area contributed by atoms with Crippen LogP contribution in [0.1, 0.15) is 41.3 Å². The lowest BCUT2D eigenvalue weighted by Gasteiger charge is -2.18. The van der Waals surface area contributed by atoms with Gasteiger partial charge in [0.2, 0.25) is 0 Å². The lowest BCUT2D eigenvalue weighted by molar-refractivity contribution is -0.144. The fourth-order valence-corrected chi connectivity index (χ4v) is 2.91. The van der Waals surface area contributed by atoms with Gasteiger partial charge in [0, 0.05) is 5.56 Å². The summed E-state index contributed by atoms with van der Waals surface area (Å²) in [6, 6.07) is 10.5. The first-order valence-electron chi connectivity index (χ1n) is 9.32. The molecule has 3 rings (SSSR count). The first-order valence-corrected chi connectivity index (χ1v) is 9.32. The quantitative estimate of drug-likeness (QED) is 0.570. The summed E-state index contributed by atoms with van der Waals surface area (Å²) in [4.78, 5) is 35.7. The summed E-state index contributed by atoms with van der Waals surface area (Å²) < 4.78 is 15.9. The largest absolute Gasteiger partial charge is 0.482 e. The highest BCUT2D eigenvalue weighted by molar-refractivity contribution is 6.01. The number of fused-ring (bicyclic) bond motifs is 1. The summed E-state index contributed by atoms with van der Waals surface area (Å²) in [6.45, 7) is 5.27. The van der Waals surface area contributed by atoms with Crippen molar-refractivity contribution in [2.75, 3.05) is 25.1 Å². The Morgan fingerprint density at radius 2 is 1.93 bits per heavy atom. The van der Waals surface area contributed by atoms with E-state index in [9.17, 15) is 14.4 Å². The topological polar surface area (TPSA) is 90.9 Å². The number of carbonyl (C=O) groups excluding carboxylic acids is 3. The molecule has 0 bridgehead atoms. The van der Waals surface area contributed by atoms with Crippen LogP contribution in [-0.4, -0.2) is 37.5 Å². The standard InChI is InChI=1S/C22H23NO6/c1-13(2)16-6-4-14(3)8-20(16)28-12-22(26)29-10-18(24)15-5-7-19-17(9-15)23-21(25)11-27-19/h4-9,13H,10-12H2,1-3H3,(H,23,25). The van der Waals surface area contributed by atoms with Crippen molar-refractivity contribution in [3.63, 3.8) is 0 Å². The number of esters is 1. The van der Waals surface area contributed by atoms with E-state index in [4.69, 9.17) is 14.2 Å². The summed E-state index contributed by atoms with van der Waals surface area (Å²) in [5.74, 6) is 0.0576. The van der Waals surface area contributed by atoms with Gasteiger partial charge < -0.3 is 19.5 Å². The fraction of sp³-hybridized carbons (Fsp3) is 0.318. The smallest absolute Gasteiger partial charge is 0.344 e. The normalized spacial score (nSPS) is 12.6. The molecule has 7 nitrogen and oxygen atoms in total. The molecular formula is C22H23NO6. The van der Waals surface area contributed by atoms with Crippen LogP contribution < -0.4 is 14.8 Å². The van der Waals surface area contributed by atoms with Gasteiger partial charge in [0.05, 0.1) is 5.69 Å². The number of rotatable bonds is 7. The van der Waals surface area contributed by atoms with Gasteiger partial charge in [0.1, 0.15) is 11.5 Å². The zero-order chi connectivity index (χ0) is 21.0. The van der Waals surface area contributed by atoms with E-state index < -0.39 is 12.6 Å². The van der Waals surface area contributed by atoms with Crippen molar-refractivity contribution in [3.05, 3.63) is 53.1 Å². The minimum atomic E-state index is -0.635. The second-order valence-corrected chi connectivity index (χ2v) is 7.12. The summed E-state index contributed by atoms with van der Waals surface area (Å²) >= 11 is 0. The molecule has 0 saturated carbocycles. The number of ketones is 1. The molecule has 29 heavy (non-hydrogen) atoms. The first-order chi connectivity index (χ1) is 13.8. The Morgan fingerprint density at radius 1 is 1.14 bits per heavy atom. The van der Waals surface area contributed by atoms with E-state index in [0.29, 0.717) is 22.7 Å². The van der Waals surface area contributed by atoms with Crippen molar-refractivity contribution in [2.24, 2.45) is 0 Å². The van der Waals surface area contributed by atoms with Crippen LogP contribution in [0.3, 0.4) is 0 Å². The van der Waals surface area contributed by atoms with Gasteiger partial charge in [-0.15, -0.1) is 0 Å². The Kier molecular flexibility index (Phi) is 6.16. The number of carbonyl (C=O) groups is 3. The molecule has 152 valence electrons. The predicted octanol–water partition coefficient (Wildman–Crippen LogP) is 3.25. The van der Waals surface area contributed by atoms with E-state index >= 15 is 0 Å². The Morgan fingerprint density at radius 3 is 2.69 bits per heavy atom. The van der Waals surface area contributed by atoms with Crippen molar-refractivity contribution in [1.82, 2.24) is 0 Å². The van der Waals surface area contributed by atoms with E-state index in [2.05, 4.69) is 5.32 Å². The summed E-state index contributed by atoms with van der Waals surface area (Å²) in [5.41, 5.74) is 2.75. The highest BCUT2D eigenvalue weighted by Crippen LogP contribution is 2.29. The van der Waals surface area contributed by atoms with Gasteiger partial charge in [-0.3, -0.25) is 9.59 Å². The second-order valence-electron chi connectivity index (χ2n) is 7.12. The highest BCUT2D eigenvalue weighted by Gasteiger charge is 2.19. The summed E-state index contributed by atoms with van der Waals surface area (Å²) in [7, 11) is 0. The third kappa shape index (κ3) is 5.13. The zero-order valence-corrected chi connectivity index (χ0v) is 16.6. The van der Waals surface area contributed by atoms with Crippen molar-refractivity contribution in [1.29, 1.82) is 0 Å². The SMILES string of the molecule is Cc1ccc(C(C)C)c(OCC(=O)OCC(=O)c2ccc3c(c2)NC(=O)CO3)c1. The molecule has 1 amide bonds. The maximum Gasteiger partial charge on any atom is 0.344 e. The Bertz CT molecular complexity index is 950. The van der Waals surface area contributed by atoms with Crippen LogP contribution in [0.4, 0.5) is 5.69 Å². The third-order valence-electron chi connectivity index (χ3n) is 4.44. The molecule has 0 spiro atoms. The number of Topliss-reactive ketones (excluding diaryl/α,β-unsaturated/α-hetero) is 1. The van der Waals surface area contributed by atoms with Gasteiger partial charge in [0.15, 0.2) is 25.6 Å². The number of amides is 1. The molecule has 0 saturated heterocycles. The molecule has 2 aromatic rings. The number of hydrogen-bond acceptors (Lipinski definition) is 6. The molecule has 0 atom stereocenters. The molecule has 0 unspecified atom stereocenters. The number of ether oxygens (including phenoxy) is 3. The number of hydrogen-bond donors (Lipinski definition) is 1. The molecule has 0 fully saturated rings. The first kappa shape index (κ1) is 20.4. The fourth-order valence-electron chi connectivity index (χ4n) is 2.91. The van der Waals surface area contributed by atoms with Crippen LogP contribution in [0.25, 0.3) is 0 Å². The van der Waals surface area contributed by atoms with Crippen LogP contribution in [0.2, 0.25) is 0 Å². The maximum atomic E-state index is 12.3. The monoisotopic (exact) mass is 397 g/mol. The molecule has 0 aromatic heterocycles. The number of anilines is 1. The average Bonchev–Trinajstić information content (AvgIpc) is 2.69. The Hall–Kier alpha value is -3.35. The van der Waals surface area contributed by atoms with E-state index in [1.807, 2.05) is 39.0 Å². The van der Waals surface area contributed by atoms with E-state index in [1.54, 1.807) is 12.1 Å². The van der Waals surface area contributed by atoms with Gasteiger partial charge in [-0.25, -0.2) is 4.79 Å². The van der Waals surface area contributed by atoms with Crippen LogP contribution in [0.5, 0.6) is 11.5 Å².